The second-order valence-corrected chi connectivity index (χ2v) is 8.45. The van der Waals surface area contributed by atoms with Gasteiger partial charge in [-0.1, -0.05) is 42.5 Å². The second-order valence-electron chi connectivity index (χ2n) is 8.45. The van der Waals surface area contributed by atoms with Gasteiger partial charge in [0.2, 0.25) is 5.91 Å². The maximum atomic E-state index is 12.2. The van der Waals surface area contributed by atoms with E-state index >= 15 is 0 Å². The summed E-state index contributed by atoms with van der Waals surface area (Å²) in [5.74, 6) is -0.000598. The zero-order chi connectivity index (χ0) is 23.4. The third-order valence-corrected chi connectivity index (χ3v) is 5.59. The normalized spacial score (nSPS) is 11.2. The molecule has 0 unspecified atom stereocenters. The molecule has 0 heterocycles. The van der Waals surface area contributed by atoms with Crippen LogP contribution in [0.25, 0.3) is 10.8 Å². The number of fused-ring (bicyclic) bond motifs is 1. The minimum absolute atomic E-state index is 0.000598. The highest BCUT2D eigenvalue weighted by Gasteiger charge is 2.06. The van der Waals surface area contributed by atoms with Crippen LogP contribution in [-0.2, 0) is 11.2 Å². The van der Waals surface area contributed by atoms with Gasteiger partial charge in [-0.25, -0.2) is 5.43 Å². The number of nitrogens with one attached hydrogen (secondary N) is 5. The van der Waals surface area contributed by atoms with Gasteiger partial charge in [0.15, 0.2) is 0 Å². The van der Waals surface area contributed by atoms with Gasteiger partial charge in [0.1, 0.15) is 0 Å². The lowest BCUT2D eigenvalue weighted by molar-refractivity contribution is -0.121. The van der Waals surface area contributed by atoms with E-state index < -0.39 is 0 Å². The van der Waals surface area contributed by atoms with Crippen LogP contribution in [0.4, 0.5) is 0 Å². The van der Waals surface area contributed by atoms with Crippen molar-refractivity contribution in [1.82, 2.24) is 26.8 Å². The molecule has 0 spiro atoms. The zero-order valence-electron chi connectivity index (χ0n) is 20.1. The van der Waals surface area contributed by atoms with Crippen LogP contribution in [0.5, 0.6) is 0 Å². The van der Waals surface area contributed by atoms with Crippen LogP contribution in [0, 0.1) is 0 Å². The molecule has 0 atom stereocenters. The average Bonchev–Trinajstić information content (AvgIpc) is 2.83. The summed E-state index contributed by atoms with van der Waals surface area (Å²) in [6.45, 7) is 7.91. The summed E-state index contributed by atoms with van der Waals surface area (Å²) in [4.78, 5) is 12.2. The van der Waals surface area contributed by atoms with Crippen molar-refractivity contribution in [2.24, 2.45) is 5.73 Å². The van der Waals surface area contributed by atoms with Crippen molar-refractivity contribution in [3.05, 3.63) is 48.0 Å². The summed E-state index contributed by atoms with van der Waals surface area (Å²) in [6, 6.07) is 14.3. The second kappa shape index (κ2) is 18.4. The molecule has 0 aromatic heterocycles. The van der Waals surface area contributed by atoms with E-state index in [0.29, 0.717) is 6.42 Å². The van der Waals surface area contributed by atoms with Crippen LogP contribution in [0.1, 0.15) is 44.1 Å². The van der Waals surface area contributed by atoms with E-state index in [1.807, 2.05) is 24.3 Å². The summed E-state index contributed by atoms with van der Waals surface area (Å²) in [6.07, 6.45) is 7.10. The molecule has 0 aliphatic rings. The van der Waals surface area contributed by atoms with E-state index in [9.17, 15) is 4.79 Å². The van der Waals surface area contributed by atoms with Gasteiger partial charge in [-0.05, 0) is 101 Å². The first-order chi connectivity index (χ1) is 16.3. The molecule has 2 aromatic rings. The lowest BCUT2D eigenvalue weighted by Gasteiger charge is -2.10. The molecule has 7 N–H and O–H groups in total. The van der Waals surface area contributed by atoms with E-state index in [-0.39, 0.29) is 5.91 Å². The SMILES string of the molecule is NCCCCNCCCNCCCNCCCCNNC(=O)Cc1cccc2ccccc12. The van der Waals surface area contributed by atoms with Gasteiger partial charge in [-0.3, -0.25) is 10.2 Å². The summed E-state index contributed by atoms with van der Waals surface area (Å²) >= 11 is 0. The van der Waals surface area contributed by atoms with Gasteiger partial charge in [-0.15, -0.1) is 0 Å². The average molecular weight is 457 g/mol. The Balaban J connectivity index is 1.35. The lowest BCUT2D eigenvalue weighted by Crippen LogP contribution is -2.39. The number of carbonyl (C=O) groups is 1. The van der Waals surface area contributed by atoms with Gasteiger partial charge in [0, 0.05) is 6.54 Å². The Labute approximate surface area is 199 Å². The topological polar surface area (TPSA) is 103 Å². The maximum Gasteiger partial charge on any atom is 0.238 e. The molecule has 7 nitrogen and oxygen atoms in total. The molecule has 0 aliphatic carbocycles. The Morgan fingerprint density at radius 2 is 1.24 bits per heavy atom. The monoisotopic (exact) mass is 456 g/mol. The minimum atomic E-state index is -0.000598. The van der Waals surface area contributed by atoms with Gasteiger partial charge in [0.05, 0.1) is 6.42 Å². The minimum Gasteiger partial charge on any atom is -0.330 e. The molecule has 7 heteroatoms. The highest BCUT2D eigenvalue weighted by atomic mass is 16.2. The largest absolute Gasteiger partial charge is 0.330 e. The lowest BCUT2D eigenvalue weighted by atomic mass is 10.0. The predicted molar refractivity (Wildman–Crippen MR) is 139 cm³/mol. The molecule has 0 aliphatic heterocycles. The van der Waals surface area contributed by atoms with Crippen molar-refractivity contribution in [3.63, 3.8) is 0 Å². The summed E-state index contributed by atoms with van der Waals surface area (Å²) < 4.78 is 0. The molecule has 2 aromatic carbocycles. The Hall–Kier alpha value is -2.03. The Morgan fingerprint density at radius 3 is 1.94 bits per heavy atom. The summed E-state index contributed by atoms with van der Waals surface area (Å²) in [5, 5.41) is 12.7. The summed E-state index contributed by atoms with van der Waals surface area (Å²) in [7, 11) is 0. The van der Waals surface area contributed by atoms with E-state index in [0.717, 1.165) is 89.0 Å². The quantitative estimate of drug-likeness (QED) is 0.135. The smallest absolute Gasteiger partial charge is 0.238 e. The molecular weight excluding hydrogens is 412 g/mol. The van der Waals surface area contributed by atoms with Crippen molar-refractivity contribution < 1.29 is 4.79 Å². The molecule has 0 fully saturated rings. The molecule has 184 valence electrons. The van der Waals surface area contributed by atoms with E-state index in [4.69, 9.17) is 5.73 Å². The first kappa shape index (κ1) is 27.2. The molecule has 0 saturated heterocycles. The third-order valence-electron chi connectivity index (χ3n) is 5.59. The fourth-order valence-electron chi connectivity index (χ4n) is 3.73. The Bertz CT molecular complexity index is 764. The van der Waals surface area contributed by atoms with Gasteiger partial charge in [-0.2, -0.15) is 0 Å². The molecule has 0 saturated carbocycles. The number of hydrogen-bond donors (Lipinski definition) is 6. The number of hydrogen-bond acceptors (Lipinski definition) is 6. The standard InChI is InChI=1S/C26H44N6O/c27-14-3-4-15-28-17-8-19-30-20-9-18-29-16-5-6-21-31-32-26(33)22-24-12-7-11-23-10-1-2-13-25(23)24/h1-2,7,10-13,28-31H,3-6,8-9,14-22,27H2,(H,32,33). The molecule has 0 bridgehead atoms. The Morgan fingerprint density at radius 1 is 0.667 bits per heavy atom. The maximum absolute atomic E-state index is 12.2. The first-order valence-electron chi connectivity index (χ1n) is 12.6. The van der Waals surface area contributed by atoms with Crippen LogP contribution >= 0.6 is 0 Å². The first-order valence-corrected chi connectivity index (χ1v) is 12.6. The van der Waals surface area contributed by atoms with Gasteiger partial charge in [0.25, 0.3) is 0 Å². The molecule has 33 heavy (non-hydrogen) atoms. The number of amides is 1. The third kappa shape index (κ3) is 12.7. The van der Waals surface area contributed by atoms with Crippen LogP contribution in [0.15, 0.2) is 42.5 Å². The molecule has 0 radical (unpaired) electrons. The zero-order valence-corrected chi connectivity index (χ0v) is 20.1. The van der Waals surface area contributed by atoms with E-state index in [2.05, 4.69) is 45.0 Å². The number of nitrogens with two attached hydrogens (primary N) is 1. The number of carbonyl (C=O) groups excluding carboxylic acids is 1. The highest BCUT2D eigenvalue weighted by Crippen LogP contribution is 2.18. The van der Waals surface area contributed by atoms with Crippen LogP contribution in [-0.4, -0.2) is 58.3 Å². The molecule has 2 rings (SSSR count). The van der Waals surface area contributed by atoms with Crippen molar-refractivity contribution >= 4 is 16.7 Å². The van der Waals surface area contributed by atoms with Crippen molar-refractivity contribution in [1.29, 1.82) is 0 Å². The summed E-state index contributed by atoms with van der Waals surface area (Å²) in [5.41, 5.74) is 12.4. The van der Waals surface area contributed by atoms with Crippen LogP contribution in [0.3, 0.4) is 0 Å². The van der Waals surface area contributed by atoms with Gasteiger partial charge < -0.3 is 21.7 Å². The Kier molecular flexibility index (Phi) is 15.2. The van der Waals surface area contributed by atoms with Gasteiger partial charge >= 0.3 is 0 Å². The van der Waals surface area contributed by atoms with Crippen molar-refractivity contribution in [2.45, 2.75) is 44.9 Å². The van der Waals surface area contributed by atoms with Crippen LogP contribution < -0.4 is 32.5 Å². The fourth-order valence-corrected chi connectivity index (χ4v) is 3.73. The number of benzene rings is 2. The number of hydrazine groups is 1. The fraction of sp³-hybridized carbons (Fsp3) is 0.577. The predicted octanol–water partition coefficient (Wildman–Crippen LogP) is 2.07. The number of unbranched alkanes of at least 4 members (excludes halogenated alkanes) is 2. The van der Waals surface area contributed by atoms with E-state index in [1.54, 1.807) is 0 Å². The van der Waals surface area contributed by atoms with E-state index in [1.165, 1.54) is 18.2 Å². The van der Waals surface area contributed by atoms with Crippen molar-refractivity contribution in [2.75, 3.05) is 52.4 Å². The highest BCUT2D eigenvalue weighted by molar-refractivity contribution is 5.90. The van der Waals surface area contributed by atoms with Crippen molar-refractivity contribution in [3.8, 4) is 0 Å². The molecule has 1 amide bonds. The molecular formula is C26H44N6O. The number of rotatable bonds is 20. The van der Waals surface area contributed by atoms with Crippen LogP contribution in [0.2, 0.25) is 0 Å².